The summed E-state index contributed by atoms with van der Waals surface area (Å²) in [5.41, 5.74) is 1.54. The zero-order valence-electron chi connectivity index (χ0n) is 23.3. The second-order valence-electron chi connectivity index (χ2n) is 9.97. The van der Waals surface area contributed by atoms with Crippen molar-refractivity contribution in [1.82, 2.24) is 15.3 Å². The number of carboxylic acid groups (broad SMARTS) is 1. The maximum absolute atomic E-state index is 14.8. The molecule has 0 bridgehead atoms. The van der Waals surface area contributed by atoms with Crippen LogP contribution in [0.4, 0.5) is 33.3 Å². The van der Waals surface area contributed by atoms with Crippen LogP contribution in [0.1, 0.15) is 29.3 Å². The van der Waals surface area contributed by atoms with Crippen LogP contribution in [0.3, 0.4) is 0 Å². The lowest BCUT2D eigenvalue weighted by Gasteiger charge is -2.22. The van der Waals surface area contributed by atoms with Crippen LogP contribution in [-0.4, -0.2) is 59.3 Å². The topological polar surface area (TPSA) is 107 Å². The predicted octanol–water partition coefficient (Wildman–Crippen LogP) is 5.82. The number of nitrogens with zero attached hydrogens (tertiary/aromatic N) is 3. The maximum atomic E-state index is 14.8. The van der Waals surface area contributed by atoms with Gasteiger partial charge in [0.1, 0.15) is 29.3 Å². The third kappa shape index (κ3) is 6.82. The number of carbonyl (C=O) groups excluding carboxylic acids is 1. The molecule has 4 aromatic rings. The first-order valence-corrected chi connectivity index (χ1v) is 13.2. The van der Waals surface area contributed by atoms with Crippen molar-refractivity contribution in [2.45, 2.75) is 38.0 Å². The van der Waals surface area contributed by atoms with Crippen molar-refractivity contribution in [3.63, 3.8) is 0 Å². The standard InChI is InChI=1S/C30H28F5N5O3/c1-4-24(30(33,34)35)38-17-14-20(31)25(21(32)15-17)28(41)39-22(29(42)43)13-16-9-10-19(26-18(16)7-5-11-36-26)27-23(40(2)3)8-6-12-37-27/h5-12,14-15,22,24,38H,4,13H2,1-3H3,(H,39,41)(H,42,43)/t22-,24+/m0/s1. The van der Waals surface area contributed by atoms with E-state index in [4.69, 9.17) is 0 Å². The summed E-state index contributed by atoms with van der Waals surface area (Å²) in [6.45, 7) is 1.25. The monoisotopic (exact) mass is 601 g/mol. The molecule has 4 rings (SSSR count). The van der Waals surface area contributed by atoms with Crippen LogP contribution < -0.4 is 15.5 Å². The van der Waals surface area contributed by atoms with E-state index in [1.165, 1.54) is 6.92 Å². The summed E-state index contributed by atoms with van der Waals surface area (Å²) in [5, 5.41) is 14.6. The van der Waals surface area contributed by atoms with Crippen molar-refractivity contribution < 1.29 is 36.6 Å². The number of rotatable bonds is 10. The number of hydrogen-bond donors (Lipinski definition) is 3. The van der Waals surface area contributed by atoms with E-state index >= 15 is 0 Å². The number of pyridine rings is 2. The van der Waals surface area contributed by atoms with Gasteiger partial charge in [0.05, 0.1) is 16.9 Å². The number of fused-ring (bicyclic) bond motifs is 1. The zero-order valence-corrected chi connectivity index (χ0v) is 23.3. The third-order valence-electron chi connectivity index (χ3n) is 6.82. The quantitative estimate of drug-likeness (QED) is 0.197. The number of aromatic nitrogens is 2. The van der Waals surface area contributed by atoms with E-state index in [-0.39, 0.29) is 6.42 Å². The molecule has 0 aliphatic carbocycles. The third-order valence-corrected chi connectivity index (χ3v) is 6.82. The van der Waals surface area contributed by atoms with E-state index in [1.54, 1.807) is 42.7 Å². The smallest absolute Gasteiger partial charge is 0.408 e. The predicted molar refractivity (Wildman–Crippen MR) is 152 cm³/mol. The molecule has 2 aromatic carbocycles. The van der Waals surface area contributed by atoms with Crippen LogP contribution in [0.5, 0.6) is 0 Å². The number of benzene rings is 2. The number of carboxylic acids is 1. The highest BCUT2D eigenvalue weighted by Gasteiger charge is 2.38. The van der Waals surface area contributed by atoms with Gasteiger partial charge < -0.3 is 20.6 Å². The van der Waals surface area contributed by atoms with Gasteiger partial charge in [-0.2, -0.15) is 13.2 Å². The molecule has 2 aromatic heterocycles. The van der Waals surface area contributed by atoms with Gasteiger partial charge in [0, 0.05) is 49.5 Å². The fourth-order valence-electron chi connectivity index (χ4n) is 4.71. The Bertz CT molecular complexity index is 1640. The van der Waals surface area contributed by atoms with Crippen LogP contribution in [0.2, 0.25) is 0 Å². The van der Waals surface area contributed by atoms with Crippen molar-refractivity contribution >= 4 is 34.2 Å². The molecule has 3 N–H and O–H groups in total. The summed E-state index contributed by atoms with van der Waals surface area (Å²) in [7, 11) is 3.73. The van der Waals surface area contributed by atoms with Crippen molar-refractivity contribution in [3.8, 4) is 11.3 Å². The zero-order chi connectivity index (χ0) is 31.5. The Labute approximate surface area is 243 Å². The summed E-state index contributed by atoms with van der Waals surface area (Å²) < 4.78 is 68.9. The van der Waals surface area contributed by atoms with Crippen LogP contribution in [0.15, 0.2) is 60.9 Å². The molecule has 0 aliphatic heterocycles. The Morgan fingerprint density at radius 1 is 1.00 bits per heavy atom. The first kappa shape index (κ1) is 31.1. The molecule has 0 spiro atoms. The lowest BCUT2D eigenvalue weighted by molar-refractivity contribution is -0.143. The molecule has 0 saturated carbocycles. The Balaban J connectivity index is 1.63. The number of alkyl halides is 3. The molecule has 0 saturated heterocycles. The van der Waals surface area contributed by atoms with Gasteiger partial charge in [-0.25, -0.2) is 13.6 Å². The van der Waals surface area contributed by atoms with E-state index in [9.17, 15) is 36.6 Å². The molecule has 226 valence electrons. The maximum Gasteiger partial charge on any atom is 0.408 e. The minimum absolute atomic E-state index is 0.265. The van der Waals surface area contributed by atoms with Crippen LogP contribution >= 0.6 is 0 Å². The molecule has 2 heterocycles. The molecule has 0 aliphatic rings. The largest absolute Gasteiger partial charge is 0.480 e. The molecule has 0 fully saturated rings. The number of nitrogens with one attached hydrogen (secondary N) is 2. The fraction of sp³-hybridized carbons (Fsp3) is 0.267. The average molecular weight is 602 g/mol. The molecule has 0 radical (unpaired) electrons. The first-order chi connectivity index (χ1) is 20.3. The number of aliphatic carboxylic acids is 1. The van der Waals surface area contributed by atoms with Crippen LogP contribution in [0.25, 0.3) is 22.2 Å². The van der Waals surface area contributed by atoms with E-state index in [1.807, 2.05) is 30.4 Å². The number of carbonyl (C=O) groups is 2. The Hall–Kier alpha value is -4.81. The highest BCUT2D eigenvalue weighted by atomic mass is 19.4. The molecular weight excluding hydrogens is 573 g/mol. The van der Waals surface area contributed by atoms with Gasteiger partial charge in [0.2, 0.25) is 0 Å². The molecular formula is C30H28F5N5O3. The van der Waals surface area contributed by atoms with Gasteiger partial charge in [-0.3, -0.25) is 14.8 Å². The lowest BCUT2D eigenvalue weighted by atomic mass is 9.96. The van der Waals surface area contributed by atoms with Gasteiger partial charge in [-0.15, -0.1) is 0 Å². The Morgan fingerprint density at radius 2 is 1.65 bits per heavy atom. The molecule has 0 unspecified atom stereocenters. The van der Waals surface area contributed by atoms with E-state index in [2.05, 4.69) is 15.3 Å². The van der Waals surface area contributed by atoms with Crippen LogP contribution in [-0.2, 0) is 11.2 Å². The lowest BCUT2D eigenvalue weighted by Crippen LogP contribution is -2.43. The highest BCUT2D eigenvalue weighted by Crippen LogP contribution is 2.34. The minimum atomic E-state index is -4.67. The van der Waals surface area contributed by atoms with Crippen molar-refractivity contribution in [2.75, 3.05) is 24.3 Å². The van der Waals surface area contributed by atoms with Gasteiger partial charge in [-0.05, 0) is 42.3 Å². The summed E-state index contributed by atoms with van der Waals surface area (Å²) in [5.74, 6) is -5.75. The van der Waals surface area contributed by atoms with Crippen LogP contribution in [0, 0.1) is 11.6 Å². The van der Waals surface area contributed by atoms with E-state index in [0.717, 1.165) is 5.69 Å². The van der Waals surface area contributed by atoms with Crippen molar-refractivity contribution in [3.05, 3.63) is 83.7 Å². The second kappa shape index (κ2) is 12.6. The normalized spacial score (nSPS) is 12.9. The number of anilines is 2. The summed E-state index contributed by atoms with van der Waals surface area (Å²) in [6, 6.07) is 7.92. The van der Waals surface area contributed by atoms with Crippen molar-refractivity contribution in [2.24, 2.45) is 0 Å². The van der Waals surface area contributed by atoms with E-state index in [0.29, 0.717) is 39.9 Å². The molecule has 43 heavy (non-hydrogen) atoms. The minimum Gasteiger partial charge on any atom is -0.480 e. The fourth-order valence-corrected chi connectivity index (χ4v) is 4.71. The van der Waals surface area contributed by atoms with E-state index < -0.39 is 59.4 Å². The summed E-state index contributed by atoms with van der Waals surface area (Å²) in [6.07, 6.45) is -2.12. The van der Waals surface area contributed by atoms with Crippen molar-refractivity contribution in [1.29, 1.82) is 0 Å². The highest BCUT2D eigenvalue weighted by molar-refractivity contribution is 5.99. The second-order valence-corrected chi connectivity index (χ2v) is 9.97. The molecule has 2 atom stereocenters. The molecule has 13 heteroatoms. The number of amides is 1. The average Bonchev–Trinajstić information content (AvgIpc) is 2.94. The summed E-state index contributed by atoms with van der Waals surface area (Å²) in [4.78, 5) is 35.9. The number of halogens is 5. The van der Waals surface area contributed by atoms with Gasteiger partial charge in [0.15, 0.2) is 0 Å². The first-order valence-electron chi connectivity index (χ1n) is 13.2. The Morgan fingerprint density at radius 3 is 2.26 bits per heavy atom. The summed E-state index contributed by atoms with van der Waals surface area (Å²) >= 11 is 0. The Kier molecular flexibility index (Phi) is 9.12. The SMILES string of the molecule is CC[C@@H](Nc1cc(F)c(C(=O)N[C@@H](Cc2ccc(-c3ncccc3N(C)C)c3ncccc23)C(=O)O)c(F)c1)C(F)(F)F. The number of hydrogen-bond acceptors (Lipinski definition) is 6. The molecule has 8 nitrogen and oxygen atoms in total. The van der Waals surface area contributed by atoms with Gasteiger partial charge in [-0.1, -0.05) is 25.1 Å². The van der Waals surface area contributed by atoms with Gasteiger partial charge >= 0.3 is 12.1 Å². The van der Waals surface area contributed by atoms with Gasteiger partial charge in [0.25, 0.3) is 5.91 Å². The molecule has 1 amide bonds.